The van der Waals surface area contributed by atoms with Crippen molar-refractivity contribution in [2.45, 2.75) is 0 Å². The summed E-state index contributed by atoms with van der Waals surface area (Å²) >= 11 is 3.39. The van der Waals surface area contributed by atoms with E-state index < -0.39 is 0 Å². The van der Waals surface area contributed by atoms with Crippen LogP contribution in [0.1, 0.15) is 0 Å². The van der Waals surface area contributed by atoms with Gasteiger partial charge in [-0.2, -0.15) is 0 Å². The molecule has 0 unspecified atom stereocenters. The molecule has 0 radical (unpaired) electrons. The first-order valence-corrected chi connectivity index (χ1v) is 5.94. The molecule has 17 heavy (non-hydrogen) atoms. The predicted octanol–water partition coefficient (Wildman–Crippen LogP) is 3.84. The fourth-order valence-electron chi connectivity index (χ4n) is 1.73. The number of oxazole rings is 1. The summed E-state index contributed by atoms with van der Waals surface area (Å²) in [5.41, 5.74) is 8.81. The normalized spacial score (nSPS) is 10.9. The summed E-state index contributed by atoms with van der Waals surface area (Å²) in [6.07, 6.45) is 0. The van der Waals surface area contributed by atoms with Crippen LogP contribution in [0.2, 0.25) is 0 Å². The van der Waals surface area contributed by atoms with E-state index in [1.807, 2.05) is 42.5 Å². The van der Waals surface area contributed by atoms with E-state index in [0.29, 0.717) is 17.2 Å². The molecule has 3 rings (SSSR count). The summed E-state index contributed by atoms with van der Waals surface area (Å²) in [5.74, 6) is 0.588. The molecule has 0 aliphatic heterocycles. The number of aromatic nitrogens is 1. The second-order valence-corrected chi connectivity index (χ2v) is 4.64. The second kappa shape index (κ2) is 3.89. The van der Waals surface area contributed by atoms with Crippen molar-refractivity contribution < 1.29 is 4.42 Å². The molecule has 2 aromatic carbocycles. The van der Waals surface area contributed by atoms with Crippen LogP contribution in [0.3, 0.4) is 0 Å². The van der Waals surface area contributed by atoms with E-state index in [1.54, 1.807) is 0 Å². The third-order valence-corrected chi connectivity index (χ3v) is 2.96. The number of anilines is 1. The smallest absolute Gasteiger partial charge is 0.227 e. The summed E-state index contributed by atoms with van der Waals surface area (Å²) in [7, 11) is 0. The van der Waals surface area contributed by atoms with Crippen molar-refractivity contribution in [2.75, 3.05) is 5.73 Å². The average Bonchev–Trinajstić information content (AvgIpc) is 2.74. The molecule has 0 atom stereocenters. The van der Waals surface area contributed by atoms with Gasteiger partial charge in [0, 0.05) is 10.0 Å². The molecule has 0 spiro atoms. The minimum atomic E-state index is 0.587. The highest BCUT2D eigenvalue weighted by Crippen LogP contribution is 2.30. The molecule has 0 aliphatic carbocycles. The van der Waals surface area contributed by atoms with E-state index in [-0.39, 0.29) is 0 Å². The lowest BCUT2D eigenvalue weighted by Crippen LogP contribution is -1.84. The van der Waals surface area contributed by atoms with Crippen LogP contribution in [0.5, 0.6) is 0 Å². The van der Waals surface area contributed by atoms with Gasteiger partial charge in [0.05, 0.1) is 5.69 Å². The Bertz CT molecular complexity index is 676. The molecule has 3 nitrogen and oxygen atoms in total. The molecule has 0 saturated carbocycles. The van der Waals surface area contributed by atoms with Gasteiger partial charge >= 0.3 is 0 Å². The van der Waals surface area contributed by atoms with E-state index in [9.17, 15) is 0 Å². The van der Waals surface area contributed by atoms with Gasteiger partial charge in [0.15, 0.2) is 5.58 Å². The Balaban J connectivity index is 2.24. The molecule has 84 valence electrons. The minimum Gasteiger partial charge on any atom is -0.434 e. The fraction of sp³-hybridized carbons (Fsp3) is 0. The van der Waals surface area contributed by atoms with Crippen LogP contribution in [0.15, 0.2) is 51.4 Å². The zero-order valence-electron chi connectivity index (χ0n) is 8.85. The molecule has 0 amide bonds. The molecule has 1 heterocycles. The largest absolute Gasteiger partial charge is 0.434 e. The first-order valence-electron chi connectivity index (χ1n) is 5.15. The van der Waals surface area contributed by atoms with Gasteiger partial charge in [0.25, 0.3) is 0 Å². The number of halogens is 1. The van der Waals surface area contributed by atoms with Crippen LogP contribution < -0.4 is 5.73 Å². The third-order valence-electron chi connectivity index (χ3n) is 2.50. The fourth-order valence-corrected chi connectivity index (χ4v) is 2.19. The van der Waals surface area contributed by atoms with Gasteiger partial charge in [-0.25, -0.2) is 4.98 Å². The minimum absolute atomic E-state index is 0.587. The van der Waals surface area contributed by atoms with Crippen LogP contribution in [-0.4, -0.2) is 4.98 Å². The molecule has 4 heteroatoms. The molecule has 1 aromatic heterocycles. The number of nitrogens with zero attached hydrogens (tertiary/aromatic N) is 1. The van der Waals surface area contributed by atoms with E-state index in [1.165, 1.54) is 0 Å². The van der Waals surface area contributed by atoms with E-state index >= 15 is 0 Å². The van der Waals surface area contributed by atoms with Crippen LogP contribution in [-0.2, 0) is 0 Å². The number of hydrogen-bond donors (Lipinski definition) is 1. The Kier molecular flexibility index (Phi) is 2.37. The summed E-state index contributed by atoms with van der Waals surface area (Å²) in [5, 5.41) is 0. The highest BCUT2D eigenvalue weighted by atomic mass is 79.9. The molecule has 3 aromatic rings. The van der Waals surface area contributed by atoms with Crippen LogP contribution >= 0.6 is 15.9 Å². The summed E-state index contributed by atoms with van der Waals surface area (Å²) < 4.78 is 6.58. The lowest BCUT2D eigenvalue weighted by molar-refractivity contribution is 0.621. The Morgan fingerprint density at radius 2 is 1.88 bits per heavy atom. The van der Waals surface area contributed by atoms with Gasteiger partial charge in [-0.15, -0.1) is 0 Å². The standard InChI is InChI=1S/C13H9BrN2O/c14-9-6-10(15)12-11(7-9)16-13(17-12)8-4-2-1-3-5-8/h1-7H,15H2. The molecule has 0 saturated heterocycles. The quantitative estimate of drug-likeness (QED) is 0.692. The topological polar surface area (TPSA) is 52.0 Å². The van der Waals surface area contributed by atoms with Gasteiger partial charge < -0.3 is 10.2 Å². The summed E-state index contributed by atoms with van der Waals surface area (Å²) in [4.78, 5) is 4.43. The maximum atomic E-state index is 5.88. The van der Waals surface area contributed by atoms with E-state index in [2.05, 4.69) is 20.9 Å². The van der Waals surface area contributed by atoms with Gasteiger partial charge in [-0.3, -0.25) is 0 Å². The van der Waals surface area contributed by atoms with Crippen LogP contribution in [0, 0.1) is 0 Å². The maximum Gasteiger partial charge on any atom is 0.227 e. The molecule has 0 fully saturated rings. The number of rotatable bonds is 1. The highest BCUT2D eigenvalue weighted by Gasteiger charge is 2.10. The highest BCUT2D eigenvalue weighted by molar-refractivity contribution is 9.10. The Morgan fingerprint density at radius 1 is 1.12 bits per heavy atom. The maximum absolute atomic E-state index is 5.88. The SMILES string of the molecule is Nc1cc(Br)cc2nc(-c3ccccc3)oc12. The van der Waals surface area contributed by atoms with Crippen LogP contribution in [0.4, 0.5) is 5.69 Å². The number of hydrogen-bond acceptors (Lipinski definition) is 3. The number of nitrogen functional groups attached to an aromatic ring is 1. The van der Waals surface area contributed by atoms with Crippen LogP contribution in [0.25, 0.3) is 22.6 Å². The van der Waals surface area contributed by atoms with Crippen molar-refractivity contribution in [3.05, 3.63) is 46.9 Å². The Hall–Kier alpha value is -1.81. The van der Waals surface area contributed by atoms with Gasteiger partial charge in [0.1, 0.15) is 5.52 Å². The molecule has 0 aliphatic rings. The second-order valence-electron chi connectivity index (χ2n) is 3.73. The van der Waals surface area contributed by atoms with Crippen molar-refractivity contribution in [2.24, 2.45) is 0 Å². The van der Waals surface area contributed by atoms with Crippen molar-refractivity contribution in [3.8, 4) is 11.5 Å². The molecular weight excluding hydrogens is 280 g/mol. The van der Waals surface area contributed by atoms with Gasteiger partial charge in [-0.05, 0) is 24.3 Å². The van der Waals surface area contributed by atoms with Gasteiger partial charge in [0.2, 0.25) is 5.89 Å². The zero-order valence-corrected chi connectivity index (χ0v) is 10.4. The lowest BCUT2D eigenvalue weighted by Gasteiger charge is -1.94. The Morgan fingerprint density at radius 3 is 2.65 bits per heavy atom. The van der Waals surface area contributed by atoms with Crippen molar-refractivity contribution >= 4 is 32.7 Å². The monoisotopic (exact) mass is 288 g/mol. The van der Waals surface area contributed by atoms with Gasteiger partial charge in [-0.1, -0.05) is 34.1 Å². The Labute approximate surface area is 106 Å². The first-order chi connectivity index (χ1) is 8.24. The van der Waals surface area contributed by atoms with E-state index in [0.717, 1.165) is 15.6 Å². The van der Waals surface area contributed by atoms with Crippen molar-refractivity contribution in [1.82, 2.24) is 4.98 Å². The molecule has 2 N–H and O–H groups in total. The van der Waals surface area contributed by atoms with E-state index in [4.69, 9.17) is 10.2 Å². The van der Waals surface area contributed by atoms with Crippen molar-refractivity contribution in [1.29, 1.82) is 0 Å². The lowest BCUT2D eigenvalue weighted by atomic mass is 10.2. The number of nitrogens with two attached hydrogens (primary N) is 1. The third kappa shape index (κ3) is 1.80. The predicted molar refractivity (Wildman–Crippen MR) is 71.6 cm³/mol. The van der Waals surface area contributed by atoms with Crippen molar-refractivity contribution in [3.63, 3.8) is 0 Å². The number of fused-ring (bicyclic) bond motifs is 1. The first kappa shape index (κ1) is 10.4. The average molecular weight is 289 g/mol. The summed E-state index contributed by atoms with van der Waals surface area (Å²) in [6, 6.07) is 13.5. The number of benzene rings is 2. The zero-order chi connectivity index (χ0) is 11.8. The molecule has 0 bridgehead atoms. The molecular formula is C13H9BrN2O. The summed E-state index contributed by atoms with van der Waals surface area (Å²) in [6.45, 7) is 0.